The van der Waals surface area contributed by atoms with Crippen LogP contribution in [-0.4, -0.2) is 25.3 Å². The maximum Gasteiger partial charge on any atom is 0.238 e. The Bertz CT molecular complexity index is 1270. The fraction of sp³-hybridized carbons (Fsp3) is 0.182. The lowest BCUT2D eigenvalue weighted by atomic mass is 9.97. The third kappa shape index (κ3) is 4.24. The van der Waals surface area contributed by atoms with Crippen molar-refractivity contribution in [3.63, 3.8) is 0 Å². The normalized spacial score (nSPS) is 18.7. The Kier molecular flexibility index (Phi) is 5.76. The zero-order valence-corrected chi connectivity index (χ0v) is 18.7. The molecule has 166 valence electrons. The highest BCUT2D eigenvalue weighted by atomic mass is 32.2. The number of rotatable bonds is 5. The van der Waals surface area contributed by atoms with Crippen LogP contribution in [-0.2, 0) is 19.6 Å². The van der Waals surface area contributed by atoms with Crippen LogP contribution < -0.4 is 15.4 Å². The van der Waals surface area contributed by atoms with Crippen LogP contribution in [0.2, 0.25) is 0 Å². The molecule has 3 aromatic rings. The van der Waals surface area contributed by atoms with Crippen molar-refractivity contribution in [2.45, 2.75) is 24.3 Å². The first-order valence-electron chi connectivity index (χ1n) is 9.74. The number of carbonyl (C=O) groups excluding carboxylic acids is 2. The van der Waals surface area contributed by atoms with Gasteiger partial charge in [0, 0.05) is 17.0 Å². The van der Waals surface area contributed by atoms with Gasteiger partial charge < -0.3 is 15.3 Å². The van der Waals surface area contributed by atoms with Crippen LogP contribution in [0.15, 0.2) is 64.9 Å². The third-order valence-electron chi connectivity index (χ3n) is 5.36. The van der Waals surface area contributed by atoms with Gasteiger partial charge in [-0.1, -0.05) is 23.8 Å². The second-order valence-corrected chi connectivity index (χ2v) is 10.1. The van der Waals surface area contributed by atoms with E-state index in [1.54, 1.807) is 4.90 Å². The molecular weight excluding hydrogens is 450 g/mol. The van der Waals surface area contributed by atoms with E-state index in [4.69, 9.17) is 5.14 Å². The van der Waals surface area contributed by atoms with Gasteiger partial charge in [0.25, 0.3) is 0 Å². The Balaban J connectivity index is 1.69. The molecule has 32 heavy (non-hydrogen) atoms. The van der Waals surface area contributed by atoms with Crippen LogP contribution >= 0.6 is 11.3 Å². The molecule has 1 saturated heterocycles. The fourth-order valence-electron chi connectivity index (χ4n) is 3.78. The van der Waals surface area contributed by atoms with E-state index in [0.717, 1.165) is 28.6 Å². The summed E-state index contributed by atoms with van der Waals surface area (Å²) in [7, 11) is -4.02. The zero-order valence-electron chi connectivity index (χ0n) is 17.1. The SMILES string of the molecule is Cc1ccc(N2C(=O)CC(C(=O)Nc3cc(S(N)(=O)=O)ccc3O)C2c2cccs2)cc1. The van der Waals surface area contributed by atoms with Crippen LogP contribution in [0.3, 0.4) is 0 Å². The zero-order chi connectivity index (χ0) is 23.0. The summed E-state index contributed by atoms with van der Waals surface area (Å²) in [6, 6.07) is 14.1. The molecule has 0 spiro atoms. The minimum absolute atomic E-state index is 0.0298. The van der Waals surface area contributed by atoms with E-state index in [-0.39, 0.29) is 28.7 Å². The molecule has 2 heterocycles. The molecule has 2 unspecified atom stereocenters. The number of hydrogen-bond acceptors (Lipinski definition) is 6. The number of phenols is 1. The van der Waals surface area contributed by atoms with Crippen LogP contribution in [0.5, 0.6) is 5.75 Å². The average molecular weight is 472 g/mol. The van der Waals surface area contributed by atoms with Gasteiger partial charge >= 0.3 is 0 Å². The minimum Gasteiger partial charge on any atom is -0.506 e. The highest BCUT2D eigenvalue weighted by Crippen LogP contribution is 2.43. The van der Waals surface area contributed by atoms with E-state index < -0.39 is 27.9 Å². The summed E-state index contributed by atoms with van der Waals surface area (Å²) in [6.45, 7) is 1.95. The number of thiophene rings is 1. The number of aryl methyl sites for hydroxylation is 1. The standard InChI is InChI=1S/C22H21N3O5S2/c1-13-4-6-14(7-5-13)25-20(27)12-16(21(25)19-3-2-10-31-19)22(28)24-17-11-15(32(23,29)30)8-9-18(17)26/h2-11,16,21,26H,12H2,1H3,(H,24,28)(H2,23,29,30). The Morgan fingerprint density at radius 1 is 1.19 bits per heavy atom. The molecule has 0 aliphatic carbocycles. The Morgan fingerprint density at radius 2 is 1.91 bits per heavy atom. The molecular formula is C22H21N3O5S2. The van der Waals surface area contributed by atoms with Crippen LogP contribution in [0, 0.1) is 12.8 Å². The molecule has 1 fully saturated rings. The predicted molar refractivity (Wildman–Crippen MR) is 122 cm³/mol. The van der Waals surface area contributed by atoms with Gasteiger partial charge in [-0.2, -0.15) is 0 Å². The number of sulfonamides is 1. The van der Waals surface area contributed by atoms with E-state index in [1.807, 2.05) is 48.7 Å². The number of benzene rings is 2. The predicted octanol–water partition coefficient (Wildman–Crippen LogP) is 3.14. The maximum absolute atomic E-state index is 13.2. The van der Waals surface area contributed by atoms with Crippen molar-refractivity contribution in [1.29, 1.82) is 0 Å². The smallest absolute Gasteiger partial charge is 0.238 e. The second-order valence-electron chi connectivity index (χ2n) is 7.58. The van der Waals surface area contributed by atoms with Crippen LogP contribution in [0.4, 0.5) is 11.4 Å². The van der Waals surface area contributed by atoms with Crippen molar-refractivity contribution in [3.8, 4) is 5.75 Å². The van der Waals surface area contributed by atoms with E-state index in [9.17, 15) is 23.1 Å². The summed E-state index contributed by atoms with van der Waals surface area (Å²) in [6.07, 6.45) is -0.0298. The number of anilines is 2. The van der Waals surface area contributed by atoms with Crippen molar-refractivity contribution in [1.82, 2.24) is 0 Å². The number of aromatic hydroxyl groups is 1. The molecule has 2 aromatic carbocycles. The van der Waals surface area contributed by atoms with E-state index in [2.05, 4.69) is 5.32 Å². The van der Waals surface area contributed by atoms with Gasteiger partial charge in [0.15, 0.2) is 0 Å². The molecule has 4 N–H and O–H groups in total. The molecule has 1 aromatic heterocycles. The lowest BCUT2D eigenvalue weighted by molar-refractivity contribution is -0.122. The summed E-state index contributed by atoms with van der Waals surface area (Å²) in [5.41, 5.74) is 1.65. The fourth-order valence-corrected chi connectivity index (χ4v) is 5.20. The van der Waals surface area contributed by atoms with Gasteiger partial charge in [-0.05, 0) is 48.7 Å². The number of nitrogens with two attached hydrogens (primary N) is 1. The molecule has 1 aliphatic rings. The number of primary sulfonamides is 1. The Morgan fingerprint density at radius 3 is 2.53 bits per heavy atom. The quantitative estimate of drug-likeness (QED) is 0.492. The third-order valence-corrected chi connectivity index (χ3v) is 7.21. The monoisotopic (exact) mass is 471 g/mol. The first-order chi connectivity index (χ1) is 15.1. The van der Waals surface area contributed by atoms with Gasteiger partial charge in [-0.25, -0.2) is 13.6 Å². The van der Waals surface area contributed by atoms with Crippen molar-refractivity contribution in [3.05, 3.63) is 70.4 Å². The van der Waals surface area contributed by atoms with Gasteiger partial charge in [0.05, 0.1) is 22.5 Å². The number of hydrogen-bond donors (Lipinski definition) is 3. The molecule has 2 amide bonds. The number of phenolic OH excluding ortho intramolecular Hbond substituents is 1. The minimum atomic E-state index is -4.02. The summed E-state index contributed by atoms with van der Waals surface area (Å²) in [5.74, 6) is -1.76. The Hall–Kier alpha value is -3.21. The van der Waals surface area contributed by atoms with Crippen molar-refractivity contribution in [2.75, 3.05) is 10.2 Å². The van der Waals surface area contributed by atoms with E-state index >= 15 is 0 Å². The summed E-state index contributed by atoms with van der Waals surface area (Å²) in [4.78, 5) is 28.4. The molecule has 10 heteroatoms. The number of carbonyl (C=O) groups is 2. The molecule has 0 bridgehead atoms. The lowest BCUT2D eigenvalue weighted by Crippen LogP contribution is -2.32. The maximum atomic E-state index is 13.2. The largest absolute Gasteiger partial charge is 0.506 e. The summed E-state index contributed by atoms with van der Waals surface area (Å²) in [5, 5.41) is 19.7. The van der Waals surface area contributed by atoms with Crippen molar-refractivity contribution in [2.24, 2.45) is 11.1 Å². The van der Waals surface area contributed by atoms with Crippen molar-refractivity contribution >= 4 is 44.5 Å². The van der Waals surface area contributed by atoms with Crippen LogP contribution in [0.1, 0.15) is 22.9 Å². The molecule has 8 nitrogen and oxygen atoms in total. The molecule has 0 radical (unpaired) electrons. The topological polar surface area (TPSA) is 130 Å². The van der Waals surface area contributed by atoms with Crippen LogP contribution in [0.25, 0.3) is 0 Å². The van der Waals surface area contributed by atoms with Gasteiger partial charge in [0.2, 0.25) is 21.8 Å². The molecule has 4 rings (SSSR count). The first kappa shape index (κ1) is 22.0. The second kappa shape index (κ2) is 8.38. The van der Waals surface area contributed by atoms with E-state index in [1.165, 1.54) is 11.3 Å². The van der Waals surface area contributed by atoms with Crippen molar-refractivity contribution < 1.29 is 23.1 Å². The number of nitrogens with zero attached hydrogens (tertiary/aromatic N) is 1. The first-order valence-corrected chi connectivity index (χ1v) is 12.2. The molecule has 2 atom stereocenters. The average Bonchev–Trinajstić information content (AvgIpc) is 3.37. The molecule has 0 saturated carbocycles. The summed E-state index contributed by atoms with van der Waals surface area (Å²) < 4.78 is 23.3. The van der Waals surface area contributed by atoms with Gasteiger partial charge in [-0.3, -0.25) is 9.59 Å². The van der Waals surface area contributed by atoms with Gasteiger partial charge in [0.1, 0.15) is 5.75 Å². The highest BCUT2D eigenvalue weighted by molar-refractivity contribution is 7.89. The lowest BCUT2D eigenvalue weighted by Gasteiger charge is -2.27. The number of nitrogens with one attached hydrogen (secondary N) is 1. The highest BCUT2D eigenvalue weighted by Gasteiger charge is 2.46. The summed E-state index contributed by atoms with van der Waals surface area (Å²) >= 11 is 1.44. The number of amides is 2. The van der Waals surface area contributed by atoms with Gasteiger partial charge in [-0.15, -0.1) is 11.3 Å². The Labute approximate surface area is 189 Å². The van der Waals surface area contributed by atoms with E-state index in [0.29, 0.717) is 5.69 Å². The molecule has 1 aliphatic heterocycles.